The predicted octanol–water partition coefficient (Wildman–Crippen LogP) is 4.48. The molecule has 0 aliphatic heterocycles. The molecule has 0 spiro atoms. The van der Waals surface area contributed by atoms with Crippen LogP contribution >= 0.6 is 23.8 Å². The molecule has 132 valence electrons. The number of carbonyl (C=O) groups is 1. The van der Waals surface area contributed by atoms with Crippen LogP contribution in [0.2, 0.25) is 5.02 Å². The van der Waals surface area contributed by atoms with Gasteiger partial charge in [-0.3, -0.25) is 10.1 Å². The lowest BCUT2D eigenvalue weighted by Gasteiger charge is -2.19. The van der Waals surface area contributed by atoms with Crippen molar-refractivity contribution < 1.29 is 4.79 Å². The summed E-state index contributed by atoms with van der Waals surface area (Å²) in [5, 5.41) is 6.79. The number of hydrogen-bond acceptors (Lipinski definition) is 2. The van der Waals surface area contributed by atoms with Gasteiger partial charge in [-0.1, -0.05) is 62.7 Å². The molecule has 0 bridgehead atoms. The first kappa shape index (κ1) is 19.4. The average molecular weight is 375 g/mol. The molecule has 0 aliphatic carbocycles. The van der Waals surface area contributed by atoms with Crippen molar-refractivity contribution >= 4 is 34.8 Å². The number of thiocarbonyl (C=S) groups is 1. The summed E-state index contributed by atoms with van der Waals surface area (Å²) < 4.78 is 0. The SMILES string of the molecule is CC(C)(C)c1ccc(C(=O)NC(=S)NCCc2ccccc2Cl)cc1. The van der Waals surface area contributed by atoms with Crippen LogP contribution in [0.25, 0.3) is 0 Å². The summed E-state index contributed by atoms with van der Waals surface area (Å²) >= 11 is 11.3. The molecule has 0 fully saturated rings. The van der Waals surface area contributed by atoms with Crippen molar-refractivity contribution in [2.45, 2.75) is 32.6 Å². The van der Waals surface area contributed by atoms with E-state index in [4.69, 9.17) is 23.8 Å². The minimum Gasteiger partial charge on any atom is -0.362 e. The van der Waals surface area contributed by atoms with Crippen LogP contribution in [0.15, 0.2) is 48.5 Å². The summed E-state index contributed by atoms with van der Waals surface area (Å²) in [4.78, 5) is 12.2. The maximum absolute atomic E-state index is 12.2. The van der Waals surface area contributed by atoms with Gasteiger partial charge in [0.25, 0.3) is 5.91 Å². The Morgan fingerprint density at radius 1 is 1.08 bits per heavy atom. The van der Waals surface area contributed by atoms with Crippen molar-refractivity contribution in [3.05, 3.63) is 70.2 Å². The van der Waals surface area contributed by atoms with Crippen molar-refractivity contribution in [1.29, 1.82) is 0 Å². The molecule has 0 radical (unpaired) electrons. The summed E-state index contributed by atoms with van der Waals surface area (Å²) in [5.41, 5.74) is 2.88. The number of rotatable bonds is 4. The van der Waals surface area contributed by atoms with Crippen molar-refractivity contribution in [2.75, 3.05) is 6.54 Å². The standard InChI is InChI=1S/C20H23ClN2OS/c1-20(2,3)16-10-8-15(9-11-16)18(24)23-19(25)22-13-12-14-6-4-5-7-17(14)21/h4-11H,12-13H2,1-3H3,(H2,22,23,24,25). The Morgan fingerprint density at radius 2 is 1.72 bits per heavy atom. The first-order valence-electron chi connectivity index (χ1n) is 8.20. The predicted molar refractivity (Wildman–Crippen MR) is 108 cm³/mol. The van der Waals surface area contributed by atoms with Crippen molar-refractivity contribution in [3.63, 3.8) is 0 Å². The highest BCUT2D eigenvalue weighted by Gasteiger charge is 2.14. The number of hydrogen-bond donors (Lipinski definition) is 2. The van der Waals surface area contributed by atoms with Crippen LogP contribution in [-0.4, -0.2) is 17.6 Å². The van der Waals surface area contributed by atoms with Crippen LogP contribution < -0.4 is 10.6 Å². The first-order valence-corrected chi connectivity index (χ1v) is 8.99. The molecule has 3 nitrogen and oxygen atoms in total. The third-order valence-corrected chi connectivity index (χ3v) is 4.49. The number of amides is 1. The fourth-order valence-electron chi connectivity index (χ4n) is 2.35. The largest absolute Gasteiger partial charge is 0.362 e. The van der Waals surface area contributed by atoms with E-state index >= 15 is 0 Å². The number of halogens is 1. The maximum atomic E-state index is 12.2. The second kappa shape index (κ2) is 8.45. The zero-order valence-corrected chi connectivity index (χ0v) is 16.3. The molecule has 1 amide bonds. The Morgan fingerprint density at radius 3 is 2.32 bits per heavy atom. The molecule has 5 heteroatoms. The highest BCUT2D eigenvalue weighted by Crippen LogP contribution is 2.22. The third-order valence-electron chi connectivity index (χ3n) is 3.88. The first-order chi connectivity index (χ1) is 11.8. The van der Waals surface area contributed by atoms with Crippen LogP contribution in [0.4, 0.5) is 0 Å². The summed E-state index contributed by atoms with van der Waals surface area (Å²) in [6.07, 6.45) is 0.732. The molecule has 25 heavy (non-hydrogen) atoms. The summed E-state index contributed by atoms with van der Waals surface area (Å²) in [7, 11) is 0. The van der Waals surface area contributed by atoms with Crippen molar-refractivity contribution in [3.8, 4) is 0 Å². The lowest BCUT2D eigenvalue weighted by Crippen LogP contribution is -2.40. The van der Waals surface area contributed by atoms with Crippen LogP contribution in [0.3, 0.4) is 0 Å². The minimum absolute atomic E-state index is 0.0601. The maximum Gasteiger partial charge on any atom is 0.257 e. The van der Waals surface area contributed by atoms with Gasteiger partial charge in [-0.25, -0.2) is 0 Å². The van der Waals surface area contributed by atoms with E-state index in [0.717, 1.165) is 17.0 Å². The fourth-order valence-corrected chi connectivity index (χ4v) is 2.78. The molecule has 0 atom stereocenters. The smallest absolute Gasteiger partial charge is 0.257 e. The van der Waals surface area contributed by atoms with Crippen LogP contribution in [0.1, 0.15) is 42.3 Å². The van der Waals surface area contributed by atoms with E-state index in [9.17, 15) is 4.79 Å². The molecule has 0 saturated carbocycles. The van der Waals surface area contributed by atoms with Gasteiger partial charge in [0.2, 0.25) is 0 Å². The van der Waals surface area contributed by atoms with Gasteiger partial charge in [0.1, 0.15) is 0 Å². The fraction of sp³-hybridized carbons (Fsp3) is 0.300. The lowest BCUT2D eigenvalue weighted by atomic mass is 9.87. The van der Waals surface area contributed by atoms with E-state index in [1.165, 1.54) is 5.56 Å². The summed E-state index contributed by atoms with van der Waals surface area (Å²) in [6, 6.07) is 15.3. The van der Waals surface area contributed by atoms with Crippen LogP contribution in [0, 0.1) is 0 Å². The zero-order valence-electron chi connectivity index (χ0n) is 14.7. The second-order valence-corrected chi connectivity index (χ2v) is 7.69. The molecule has 2 N–H and O–H groups in total. The number of carbonyl (C=O) groups excluding carboxylic acids is 1. The molecule has 0 aromatic heterocycles. The van der Waals surface area contributed by atoms with Gasteiger partial charge in [0.15, 0.2) is 5.11 Å². The zero-order chi connectivity index (χ0) is 18.4. The molecule has 0 aliphatic rings. The van der Waals surface area contributed by atoms with Gasteiger partial charge in [-0.15, -0.1) is 0 Å². The van der Waals surface area contributed by atoms with Crippen molar-refractivity contribution in [2.24, 2.45) is 0 Å². The monoisotopic (exact) mass is 374 g/mol. The topological polar surface area (TPSA) is 41.1 Å². The molecule has 0 heterocycles. The average Bonchev–Trinajstić information content (AvgIpc) is 2.56. The van der Waals surface area contributed by atoms with Gasteiger partial charge >= 0.3 is 0 Å². The Balaban J connectivity index is 1.84. The van der Waals surface area contributed by atoms with Crippen LogP contribution in [-0.2, 0) is 11.8 Å². The van der Waals surface area contributed by atoms with Crippen LogP contribution in [0.5, 0.6) is 0 Å². The number of benzene rings is 2. The van der Waals surface area contributed by atoms with Gasteiger partial charge in [0, 0.05) is 17.1 Å². The number of nitrogens with one attached hydrogen (secondary N) is 2. The highest BCUT2D eigenvalue weighted by atomic mass is 35.5. The molecule has 2 rings (SSSR count). The Hall–Kier alpha value is -1.91. The van der Waals surface area contributed by atoms with Gasteiger partial charge in [0.05, 0.1) is 0 Å². The van der Waals surface area contributed by atoms with E-state index in [1.807, 2.05) is 48.5 Å². The molecule has 2 aromatic rings. The quantitative estimate of drug-likeness (QED) is 0.775. The minimum atomic E-state index is -0.212. The normalized spacial score (nSPS) is 11.0. The second-order valence-electron chi connectivity index (χ2n) is 6.88. The Labute approximate surface area is 159 Å². The summed E-state index contributed by atoms with van der Waals surface area (Å²) in [6.45, 7) is 7.02. The van der Waals surface area contributed by atoms with E-state index in [0.29, 0.717) is 17.2 Å². The molecule has 0 saturated heterocycles. The molecular formula is C20H23ClN2OS. The van der Waals surface area contributed by atoms with E-state index in [1.54, 1.807) is 0 Å². The Kier molecular flexibility index (Phi) is 6.57. The lowest BCUT2D eigenvalue weighted by molar-refractivity contribution is 0.0976. The summed E-state index contributed by atoms with van der Waals surface area (Å²) in [5.74, 6) is -0.212. The van der Waals surface area contributed by atoms with Crippen molar-refractivity contribution in [1.82, 2.24) is 10.6 Å². The van der Waals surface area contributed by atoms with E-state index < -0.39 is 0 Å². The van der Waals surface area contributed by atoms with Gasteiger partial charge < -0.3 is 5.32 Å². The Bertz CT molecular complexity index is 751. The van der Waals surface area contributed by atoms with E-state index in [-0.39, 0.29) is 11.3 Å². The molecule has 0 unspecified atom stereocenters. The van der Waals surface area contributed by atoms with Gasteiger partial charge in [-0.05, 0) is 53.4 Å². The molecular weight excluding hydrogens is 352 g/mol. The molecule has 2 aromatic carbocycles. The van der Waals surface area contributed by atoms with E-state index in [2.05, 4.69) is 31.4 Å². The highest BCUT2D eigenvalue weighted by molar-refractivity contribution is 7.80. The van der Waals surface area contributed by atoms with Gasteiger partial charge in [-0.2, -0.15) is 0 Å². The third kappa shape index (κ3) is 5.83.